The number of nitrogens with zero attached hydrogens (tertiary/aromatic N) is 1. The minimum Gasteiger partial charge on any atom is -0.481 e. The Kier molecular flexibility index (Phi) is 5.35. The number of halogens is 1. The molecule has 0 saturated carbocycles. The first-order chi connectivity index (χ1) is 12.9. The van der Waals surface area contributed by atoms with Gasteiger partial charge < -0.3 is 5.11 Å². The first kappa shape index (κ1) is 18.4. The van der Waals surface area contributed by atoms with Crippen LogP contribution in [0.25, 0.3) is 11.3 Å². The van der Waals surface area contributed by atoms with Crippen molar-refractivity contribution in [3.8, 4) is 11.3 Å². The van der Waals surface area contributed by atoms with Crippen LogP contribution in [0.3, 0.4) is 0 Å². The number of aliphatic carboxylic acids is 1. The highest BCUT2D eigenvalue weighted by Gasteiger charge is 2.15. The molecule has 2 N–H and O–H groups in total. The van der Waals surface area contributed by atoms with Gasteiger partial charge in [-0.25, -0.2) is 4.39 Å². The van der Waals surface area contributed by atoms with Gasteiger partial charge in [0.05, 0.1) is 12.1 Å². The Morgan fingerprint density at radius 1 is 1.00 bits per heavy atom. The lowest BCUT2D eigenvalue weighted by Crippen LogP contribution is -2.25. The molecule has 6 heteroatoms. The number of benzene rings is 2. The van der Waals surface area contributed by atoms with Gasteiger partial charge >= 0.3 is 5.97 Å². The van der Waals surface area contributed by atoms with E-state index in [4.69, 9.17) is 5.11 Å². The third-order valence-corrected chi connectivity index (χ3v) is 4.22. The number of carbonyl (C=O) groups excluding carboxylic acids is 1. The second-order valence-electron chi connectivity index (χ2n) is 6.25. The van der Waals surface area contributed by atoms with E-state index in [-0.39, 0.29) is 24.6 Å². The summed E-state index contributed by atoms with van der Waals surface area (Å²) in [4.78, 5) is 23.6. The summed E-state index contributed by atoms with van der Waals surface area (Å²) in [6.45, 7) is 1.93. The van der Waals surface area contributed by atoms with Crippen molar-refractivity contribution < 1.29 is 19.1 Å². The standard InChI is InChI=1S/C21H19FN2O3/c1-14-2-4-16(5-3-14)21(27)23-24-18(11-13-20(25)26)10-12-19(24)15-6-8-17(22)9-7-15/h2-10,12H,11,13H2,1H3,(H,23,27)(H,25,26). The molecule has 0 aliphatic rings. The molecule has 0 bridgehead atoms. The predicted octanol–water partition coefficient (Wildman–Crippen LogP) is 4.00. The summed E-state index contributed by atoms with van der Waals surface area (Å²) in [6.07, 6.45) is 0.192. The number of amides is 1. The van der Waals surface area contributed by atoms with E-state index < -0.39 is 5.97 Å². The summed E-state index contributed by atoms with van der Waals surface area (Å²) in [5.74, 6) is -1.59. The van der Waals surface area contributed by atoms with Crippen LogP contribution in [-0.2, 0) is 11.2 Å². The van der Waals surface area contributed by atoms with Gasteiger partial charge in [-0.1, -0.05) is 17.7 Å². The largest absolute Gasteiger partial charge is 0.481 e. The number of hydrogen-bond acceptors (Lipinski definition) is 2. The van der Waals surface area contributed by atoms with E-state index in [0.29, 0.717) is 22.5 Å². The van der Waals surface area contributed by atoms with Crippen LogP contribution in [0.1, 0.15) is 28.0 Å². The van der Waals surface area contributed by atoms with Crippen LogP contribution < -0.4 is 5.43 Å². The summed E-state index contributed by atoms with van der Waals surface area (Å²) in [6, 6.07) is 16.6. The van der Waals surface area contributed by atoms with Crippen LogP contribution in [0.5, 0.6) is 0 Å². The Morgan fingerprint density at radius 3 is 2.30 bits per heavy atom. The summed E-state index contributed by atoms with van der Waals surface area (Å²) in [7, 11) is 0. The average Bonchev–Trinajstić information content (AvgIpc) is 3.03. The normalized spacial score (nSPS) is 10.6. The summed E-state index contributed by atoms with van der Waals surface area (Å²) >= 11 is 0. The van der Waals surface area contributed by atoms with Crippen molar-refractivity contribution in [2.45, 2.75) is 19.8 Å². The van der Waals surface area contributed by atoms with Crippen molar-refractivity contribution in [3.63, 3.8) is 0 Å². The number of rotatable bonds is 6. The Labute approximate surface area is 156 Å². The first-order valence-corrected chi connectivity index (χ1v) is 8.50. The summed E-state index contributed by atoms with van der Waals surface area (Å²) < 4.78 is 14.8. The molecule has 1 heterocycles. The van der Waals surface area contributed by atoms with Crippen molar-refractivity contribution in [1.82, 2.24) is 4.68 Å². The van der Waals surface area contributed by atoms with Crippen LogP contribution in [0.4, 0.5) is 4.39 Å². The second kappa shape index (κ2) is 7.86. The molecular weight excluding hydrogens is 347 g/mol. The van der Waals surface area contributed by atoms with Crippen LogP contribution in [-0.4, -0.2) is 21.7 Å². The van der Waals surface area contributed by atoms with Gasteiger partial charge in [-0.15, -0.1) is 0 Å². The van der Waals surface area contributed by atoms with Crippen molar-refractivity contribution in [1.29, 1.82) is 0 Å². The predicted molar refractivity (Wildman–Crippen MR) is 101 cm³/mol. The number of hydrogen-bond donors (Lipinski definition) is 2. The minimum absolute atomic E-state index is 0.0622. The molecule has 0 radical (unpaired) electrons. The first-order valence-electron chi connectivity index (χ1n) is 8.50. The van der Waals surface area contributed by atoms with Crippen LogP contribution in [0.2, 0.25) is 0 Å². The zero-order chi connectivity index (χ0) is 19.4. The number of aryl methyl sites for hydroxylation is 2. The smallest absolute Gasteiger partial charge is 0.303 e. The molecule has 3 rings (SSSR count). The quantitative estimate of drug-likeness (QED) is 0.693. The lowest BCUT2D eigenvalue weighted by molar-refractivity contribution is -0.136. The maximum absolute atomic E-state index is 13.2. The van der Waals surface area contributed by atoms with Crippen molar-refractivity contribution in [3.05, 3.63) is 83.3 Å². The lowest BCUT2D eigenvalue weighted by atomic mass is 10.1. The van der Waals surface area contributed by atoms with Gasteiger partial charge in [0.2, 0.25) is 0 Å². The van der Waals surface area contributed by atoms with Gasteiger partial charge in [0, 0.05) is 23.2 Å². The van der Waals surface area contributed by atoms with E-state index in [1.165, 1.54) is 12.1 Å². The van der Waals surface area contributed by atoms with Gasteiger partial charge in [0.15, 0.2) is 0 Å². The Bertz CT molecular complexity index is 960. The molecule has 3 aromatic rings. The van der Waals surface area contributed by atoms with Crippen LogP contribution in [0.15, 0.2) is 60.7 Å². The molecule has 0 fully saturated rings. The molecule has 27 heavy (non-hydrogen) atoms. The topological polar surface area (TPSA) is 71.3 Å². The number of carboxylic acid groups (broad SMARTS) is 1. The monoisotopic (exact) mass is 366 g/mol. The lowest BCUT2D eigenvalue weighted by Gasteiger charge is -2.15. The maximum Gasteiger partial charge on any atom is 0.303 e. The molecule has 0 aliphatic carbocycles. The summed E-state index contributed by atoms with van der Waals surface area (Å²) in [5.41, 5.74) is 6.36. The molecule has 1 aromatic heterocycles. The van der Waals surface area contributed by atoms with Crippen molar-refractivity contribution >= 4 is 11.9 Å². The average molecular weight is 366 g/mol. The van der Waals surface area contributed by atoms with E-state index in [1.54, 1.807) is 41.1 Å². The maximum atomic E-state index is 13.2. The van der Waals surface area contributed by atoms with Gasteiger partial charge in [-0.05, 0) is 55.5 Å². The van der Waals surface area contributed by atoms with Crippen molar-refractivity contribution in [2.75, 3.05) is 5.43 Å². The molecule has 5 nitrogen and oxygen atoms in total. The van der Waals surface area contributed by atoms with E-state index in [2.05, 4.69) is 5.43 Å². The number of carbonyl (C=O) groups is 2. The van der Waals surface area contributed by atoms with Crippen molar-refractivity contribution in [2.24, 2.45) is 0 Å². The van der Waals surface area contributed by atoms with E-state index in [0.717, 1.165) is 5.56 Å². The zero-order valence-electron chi connectivity index (χ0n) is 14.8. The fraction of sp³-hybridized carbons (Fsp3) is 0.143. The molecule has 0 atom stereocenters. The van der Waals surface area contributed by atoms with E-state index >= 15 is 0 Å². The molecule has 0 aliphatic heterocycles. The summed E-state index contributed by atoms with van der Waals surface area (Å²) in [5, 5.41) is 8.97. The Balaban J connectivity index is 1.95. The molecule has 0 spiro atoms. The van der Waals surface area contributed by atoms with Gasteiger partial charge in [0.1, 0.15) is 5.82 Å². The molecule has 0 saturated heterocycles. The fourth-order valence-electron chi connectivity index (χ4n) is 2.76. The Morgan fingerprint density at radius 2 is 1.67 bits per heavy atom. The third kappa shape index (κ3) is 4.41. The number of nitrogens with one attached hydrogen (secondary N) is 1. The SMILES string of the molecule is Cc1ccc(C(=O)Nn2c(CCC(=O)O)ccc2-c2ccc(F)cc2)cc1. The molecular formula is C21H19FN2O3. The second-order valence-corrected chi connectivity index (χ2v) is 6.25. The number of carboxylic acids is 1. The highest BCUT2D eigenvalue weighted by Crippen LogP contribution is 2.23. The molecule has 1 amide bonds. The molecule has 2 aromatic carbocycles. The van der Waals surface area contributed by atoms with Crippen LogP contribution in [0, 0.1) is 12.7 Å². The van der Waals surface area contributed by atoms with E-state index in [9.17, 15) is 14.0 Å². The van der Waals surface area contributed by atoms with E-state index in [1.807, 2.05) is 19.1 Å². The van der Waals surface area contributed by atoms with Crippen LogP contribution >= 0.6 is 0 Å². The third-order valence-electron chi connectivity index (χ3n) is 4.22. The molecule has 0 unspecified atom stereocenters. The Hall–Kier alpha value is -3.41. The van der Waals surface area contributed by atoms with Gasteiger partial charge in [-0.3, -0.25) is 19.7 Å². The van der Waals surface area contributed by atoms with Gasteiger partial charge in [0.25, 0.3) is 5.91 Å². The minimum atomic E-state index is -0.920. The number of aromatic nitrogens is 1. The van der Waals surface area contributed by atoms with Gasteiger partial charge in [-0.2, -0.15) is 0 Å². The highest BCUT2D eigenvalue weighted by molar-refractivity contribution is 6.00. The highest BCUT2D eigenvalue weighted by atomic mass is 19.1. The fourth-order valence-corrected chi connectivity index (χ4v) is 2.76. The zero-order valence-corrected chi connectivity index (χ0v) is 14.8. The molecule has 138 valence electrons.